The number of phenols is 2. The van der Waals surface area contributed by atoms with Gasteiger partial charge >= 0.3 is 0 Å². The van der Waals surface area contributed by atoms with Crippen molar-refractivity contribution in [1.29, 1.82) is 0 Å². The van der Waals surface area contributed by atoms with Crippen LogP contribution in [-0.2, 0) is 18.9 Å². The molecule has 0 amide bonds. The Labute approximate surface area is 298 Å². The largest absolute Gasteiger partial charge is 0.508 e. The summed E-state index contributed by atoms with van der Waals surface area (Å²) in [5.74, 6) is -2.21. The Balaban J connectivity index is 1.32. The van der Waals surface area contributed by atoms with E-state index in [1.54, 1.807) is 0 Å². The van der Waals surface area contributed by atoms with Crippen molar-refractivity contribution in [2.45, 2.75) is 99.0 Å². The van der Waals surface area contributed by atoms with E-state index >= 15 is 0 Å². The highest BCUT2D eigenvalue weighted by Crippen LogP contribution is 2.39. The van der Waals surface area contributed by atoms with Crippen molar-refractivity contribution in [2.75, 3.05) is 13.2 Å². The molecule has 4 heterocycles. The fraction of sp³-hybridized carbons (Fsp3) is 0.545. The van der Waals surface area contributed by atoms with Crippen molar-refractivity contribution < 1.29 is 94.1 Å². The van der Waals surface area contributed by atoms with Crippen LogP contribution in [0.1, 0.15) is 6.92 Å². The van der Waals surface area contributed by atoms with Crippen LogP contribution in [0.5, 0.6) is 23.0 Å². The number of hydrogen-bond donors (Lipinski definition) is 12. The van der Waals surface area contributed by atoms with E-state index in [9.17, 15) is 66.1 Å². The molecule has 15 atom stereocenters. The fourth-order valence-corrected chi connectivity index (χ4v) is 6.14. The molecule has 0 bridgehead atoms. The topological polar surface area (TPSA) is 328 Å². The van der Waals surface area contributed by atoms with E-state index < -0.39 is 128 Å². The first-order chi connectivity index (χ1) is 25.1. The van der Waals surface area contributed by atoms with E-state index in [2.05, 4.69) is 0 Å². The van der Waals surface area contributed by atoms with Gasteiger partial charge in [0.1, 0.15) is 95.4 Å². The monoisotopic (exact) mass is 756 g/mol. The zero-order valence-corrected chi connectivity index (χ0v) is 27.7. The predicted octanol–water partition coefficient (Wildman–Crippen LogP) is -3.92. The number of aliphatic hydroxyl groups is 10. The molecule has 3 aliphatic heterocycles. The minimum atomic E-state index is -2.00. The molecule has 3 fully saturated rings. The van der Waals surface area contributed by atoms with Gasteiger partial charge in [0.25, 0.3) is 0 Å². The van der Waals surface area contributed by atoms with Gasteiger partial charge in [-0.1, -0.05) is 0 Å². The molecule has 0 radical (unpaired) electrons. The quantitative estimate of drug-likeness (QED) is 0.0992. The van der Waals surface area contributed by atoms with Crippen LogP contribution in [0.3, 0.4) is 0 Å². The van der Waals surface area contributed by atoms with E-state index in [1.165, 1.54) is 31.2 Å². The summed E-state index contributed by atoms with van der Waals surface area (Å²) in [6, 6.07) is 7.20. The van der Waals surface area contributed by atoms with Gasteiger partial charge in [-0.25, -0.2) is 0 Å². The predicted molar refractivity (Wildman–Crippen MR) is 171 cm³/mol. The molecule has 0 spiro atoms. The van der Waals surface area contributed by atoms with Crippen LogP contribution in [0.4, 0.5) is 0 Å². The van der Waals surface area contributed by atoms with Gasteiger partial charge in [-0.2, -0.15) is 0 Å². The zero-order chi connectivity index (χ0) is 38.5. The summed E-state index contributed by atoms with van der Waals surface area (Å²) in [4.78, 5) is 14.0. The lowest BCUT2D eigenvalue weighted by Gasteiger charge is -2.42. The maximum atomic E-state index is 14.0. The van der Waals surface area contributed by atoms with Crippen molar-refractivity contribution in [3.63, 3.8) is 0 Å². The molecule has 20 heteroatoms. The first-order valence-corrected chi connectivity index (χ1v) is 16.4. The second kappa shape index (κ2) is 15.6. The van der Waals surface area contributed by atoms with Crippen molar-refractivity contribution in [2.24, 2.45) is 0 Å². The number of aliphatic hydroxyl groups excluding tert-OH is 10. The average molecular weight is 757 g/mol. The van der Waals surface area contributed by atoms with E-state index in [0.29, 0.717) is 0 Å². The van der Waals surface area contributed by atoms with Gasteiger partial charge in [0.05, 0.1) is 19.3 Å². The first kappa shape index (κ1) is 39.0. The summed E-state index contributed by atoms with van der Waals surface area (Å²) in [5.41, 5.74) is -1.26. The molecule has 3 saturated heterocycles. The Morgan fingerprint density at radius 3 is 1.87 bits per heavy atom. The van der Waals surface area contributed by atoms with Gasteiger partial charge in [-0.3, -0.25) is 4.79 Å². The molecule has 0 saturated carbocycles. The number of hydrogen-bond acceptors (Lipinski definition) is 20. The van der Waals surface area contributed by atoms with E-state index in [-0.39, 0.29) is 28.4 Å². The second-order valence-electron chi connectivity index (χ2n) is 12.9. The third kappa shape index (κ3) is 7.52. The third-order valence-corrected chi connectivity index (χ3v) is 9.27. The van der Waals surface area contributed by atoms with E-state index in [1.807, 2.05) is 0 Å². The lowest BCUT2D eigenvalue weighted by molar-refractivity contribution is -0.318. The summed E-state index contributed by atoms with van der Waals surface area (Å²) in [6.07, 6.45) is -24.7. The van der Waals surface area contributed by atoms with Gasteiger partial charge in [0, 0.05) is 17.7 Å². The number of benzene rings is 2. The normalized spacial score (nSPS) is 37.8. The molecule has 20 nitrogen and oxygen atoms in total. The molecular weight excluding hydrogens is 716 g/mol. The second-order valence-corrected chi connectivity index (χ2v) is 12.9. The van der Waals surface area contributed by atoms with Crippen molar-refractivity contribution in [3.05, 3.63) is 46.6 Å². The highest BCUT2D eigenvalue weighted by molar-refractivity contribution is 5.88. The first-order valence-electron chi connectivity index (χ1n) is 16.4. The Hall–Kier alpha value is -3.71. The molecule has 2 aromatic carbocycles. The molecule has 292 valence electrons. The van der Waals surface area contributed by atoms with Crippen LogP contribution in [0.25, 0.3) is 22.3 Å². The maximum absolute atomic E-state index is 14.0. The van der Waals surface area contributed by atoms with Crippen LogP contribution >= 0.6 is 0 Å². The number of ether oxygens (including phenoxy) is 6. The van der Waals surface area contributed by atoms with Crippen LogP contribution < -0.4 is 14.9 Å². The molecule has 3 aliphatic rings. The lowest BCUT2D eigenvalue weighted by atomic mass is 9.98. The van der Waals surface area contributed by atoms with Crippen molar-refractivity contribution in [3.8, 4) is 34.3 Å². The molecular formula is C33H40O20. The smallest absolute Gasteiger partial charge is 0.239 e. The summed E-state index contributed by atoms with van der Waals surface area (Å²) >= 11 is 0. The Morgan fingerprint density at radius 2 is 1.23 bits per heavy atom. The standard InChI is InChI=1S/C33H40O20/c1-10-19(37)23(41)26(44)31(48-10)47-9-17-21(39)25(43)28(46)33(52-17)53-30-22(40)18-14(36)6-13(49-32-27(45)24(42)20(38)16(8-34)51-32)7-15(18)50-29(30)11-2-4-12(35)5-3-11/h2-7,10,16-17,19-21,23-28,31-39,41-46H,8-9H2,1H3/t10-,16+,17+,19-,20+,21+,23+,24-,25-,26+,27+,28+,31+,32+,33-/m0/s1. The SMILES string of the molecule is C[C@@H]1O[C@@H](OC[C@H]2O[C@@H](Oc3c(-c4ccc(O)cc4)oc4cc(O[C@@H]5O[C@H](CO)[C@@H](O)[C@H](O)[C@H]5O)cc(O)c4c3=O)[C@H](O)[C@@H](O)[C@@H]2O)[C@H](O)[C@H](O)[C@H]1O. The van der Waals surface area contributed by atoms with E-state index in [4.69, 9.17) is 32.8 Å². The summed E-state index contributed by atoms with van der Waals surface area (Å²) in [7, 11) is 0. The average Bonchev–Trinajstić information content (AvgIpc) is 3.13. The van der Waals surface area contributed by atoms with Gasteiger partial charge in [0.2, 0.25) is 23.8 Å². The lowest BCUT2D eigenvalue weighted by Crippen LogP contribution is -2.61. The fourth-order valence-electron chi connectivity index (χ4n) is 6.14. The summed E-state index contributed by atoms with van der Waals surface area (Å²) in [5, 5.41) is 123. The number of phenolic OH excluding ortho intramolecular Hbond substituents is 2. The van der Waals surface area contributed by atoms with Crippen LogP contribution in [0, 0.1) is 0 Å². The summed E-state index contributed by atoms with van der Waals surface area (Å²) in [6.45, 7) is 0.0485. The molecule has 1 aromatic heterocycles. The van der Waals surface area contributed by atoms with Crippen LogP contribution in [0.2, 0.25) is 0 Å². The molecule has 12 N–H and O–H groups in total. The van der Waals surface area contributed by atoms with Crippen LogP contribution in [0.15, 0.2) is 45.6 Å². The Morgan fingerprint density at radius 1 is 0.660 bits per heavy atom. The molecule has 0 aliphatic carbocycles. The van der Waals surface area contributed by atoms with Gasteiger partial charge < -0.3 is 94.1 Å². The molecule has 6 rings (SSSR count). The zero-order valence-electron chi connectivity index (χ0n) is 27.7. The summed E-state index contributed by atoms with van der Waals surface area (Å²) < 4.78 is 39.3. The molecule has 53 heavy (non-hydrogen) atoms. The minimum absolute atomic E-state index is 0.112. The van der Waals surface area contributed by atoms with Gasteiger partial charge in [-0.15, -0.1) is 0 Å². The Kier molecular flexibility index (Phi) is 11.5. The van der Waals surface area contributed by atoms with Gasteiger partial charge in [0.15, 0.2) is 12.1 Å². The van der Waals surface area contributed by atoms with Crippen LogP contribution in [-0.4, -0.2) is 167 Å². The van der Waals surface area contributed by atoms with Gasteiger partial charge in [-0.05, 0) is 31.2 Å². The number of aromatic hydroxyl groups is 2. The number of rotatable bonds is 9. The third-order valence-electron chi connectivity index (χ3n) is 9.27. The molecule has 3 aromatic rings. The minimum Gasteiger partial charge on any atom is -0.508 e. The number of fused-ring (bicyclic) bond motifs is 1. The highest BCUT2D eigenvalue weighted by Gasteiger charge is 2.48. The maximum Gasteiger partial charge on any atom is 0.239 e. The highest BCUT2D eigenvalue weighted by atomic mass is 16.7. The van der Waals surface area contributed by atoms with E-state index in [0.717, 1.165) is 12.1 Å². The van der Waals surface area contributed by atoms with Crippen molar-refractivity contribution >= 4 is 11.0 Å². The Bertz CT molecular complexity index is 1780. The van der Waals surface area contributed by atoms with Crippen molar-refractivity contribution in [1.82, 2.24) is 0 Å². The molecule has 0 unspecified atom stereocenters.